The van der Waals surface area contributed by atoms with Gasteiger partial charge in [0.25, 0.3) is 0 Å². The van der Waals surface area contributed by atoms with Gasteiger partial charge in [0.1, 0.15) is 5.82 Å². The lowest BCUT2D eigenvalue weighted by Crippen LogP contribution is -2.00. The maximum Gasteiger partial charge on any atom is 0.103 e. The van der Waals surface area contributed by atoms with Crippen molar-refractivity contribution in [2.24, 2.45) is 0 Å². The molecule has 2 aromatic rings. The molecule has 0 saturated carbocycles. The molecule has 0 saturated heterocycles. The quantitative estimate of drug-likeness (QED) is 0.795. The largest absolute Gasteiger partial charge is 0.379 e. The van der Waals surface area contributed by atoms with E-state index in [-0.39, 0.29) is 0 Å². The van der Waals surface area contributed by atoms with E-state index in [0.29, 0.717) is 0 Å². The lowest BCUT2D eigenvalue weighted by atomic mass is 10.3. The molecule has 2 rings (SSSR count). The number of benzene rings is 1. The molecule has 0 amide bonds. The molecule has 0 unspecified atom stereocenters. The highest BCUT2D eigenvalue weighted by Gasteiger charge is 2.02. The van der Waals surface area contributed by atoms with Gasteiger partial charge in [-0.05, 0) is 24.8 Å². The molecule has 0 aliphatic heterocycles. The third-order valence-electron chi connectivity index (χ3n) is 2.41. The molecule has 0 fully saturated rings. The molecule has 2 N–H and O–H groups in total. The lowest BCUT2D eigenvalue weighted by molar-refractivity contribution is 1.04. The first-order chi connectivity index (χ1) is 8.29. The normalized spacial score (nSPS) is 10.5. The zero-order valence-electron chi connectivity index (χ0n) is 10.2. The van der Waals surface area contributed by atoms with Gasteiger partial charge in [-0.1, -0.05) is 19.1 Å². The van der Waals surface area contributed by atoms with Gasteiger partial charge in [0, 0.05) is 10.6 Å². The molecule has 0 aliphatic rings. The second kappa shape index (κ2) is 5.77. The molecule has 0 atom stereocenters. The van der Waals surface area contributed by atoms with Crippen LogP contribution in [0.15, 0.2) is 35.4 Å². The first-order valence-electron chi connectivity index (χ1n) is 5.75. The van der Waals surface area contributed by atoms with Gasteiger partial charge in [-0.25, -0.2) is 4.98 Å². The molecule has 1 heterocycles. The third kappa shape index (κ3) is 3.27. The topological polar surface area (TPSA) is 40.7 Å². The molecule has 0 bridgehead atoms. The number of anilines is 1. The van der Waals surface area contributed by atoms with Crippen LogP contribution in [0.4, 0.5) is 5.69 Å². The van der Waals surface area contributed by atoms with Crippen LogP contribution in [-0.4, -0.2) is 15.7 Å². The van der Waals surface area contributed by atoms with Gasteiger partial charge in [-0.3, -0.25) is 0 Å². The highest BCUT2D eigenvalue weighted by molar-refractivity contribution is 7.99. The van der Waals surface area contributed by atoms with E-state index in [4.69, 9.17) is 0 Å². The third-order valence-corrected chi connectivity index (χ3v) is 3.37. The second-order valence-corrected chi connectivity index (χ2v) is 5.08. The number of hydrogen-bond donors (Lipinski definition) is 2. The molecule has 0 spiro atoms. The number of hydrogen-bond acceptors (Lipinski definition) is 3. The molecule has 17 heavy (non-hydrogen) atoms. The highest BCUT2D eigenvalue weighted by Crippen LogP contribution is 2.26. The predicted molar refractivity (Wildman–Crippen MR) is 73.5 cm³/mol. The van der Waals surface area contributed by atoms with E-state index >= 15 is 0 Å². The first kappa shape index (κ1) is 12.0. The average Bonchev–Trinajstić information content (AvgIpc) is 2.74. The van der Waals surface area contributed by atoms with Gasteiger partial charge < -0.3 is 10.3 Å². The monoisotopic (exact) mass is 247 g/mol. The van der Waals surface area contributed by atoms with E-state index in [1.54, 1.807) is 0 Å². The number of para-hydroxylation sites is 1. The van der Waals surface area contributed by atoms with Crippen molar-refractivity contribution in [3.05, 3.63) is 42.0 Å². The molecule has 4 heteroatoms. The Balaban J connectivity index is 2.03. The minimum Gasteiger partial charge on any atom is -0.379 e. The fourth-order valence-corrected chi connectivity index (χ4v) is 2.43. The van der Waals surface area contributed by atoms with E-state index < -0.39 is 0 Å². The van der Waals surface area contributed by atoms with Gasteiger partial charge >= 0.3 is 0 Å². The van der Waals surface area contributed by atoms with Crippen LogP contribution < -0.4 is 5.32 Å². The Morgan fingerprint density at radius 2 is 2.18 bits per heavy atom. The van der Waals surface area contributed by atoms with E-state index in [9.17, 15) is 0 Å². The number of thioether (sulfide) groups is 1. The second-order valence-electron chi connectivity index (χ2n) is 3.78. The highest BCUT2D eigenvalue weighted by atomic mass is 32.2. The Kier molecular flexibility index (Phi) is 4.09. The Morgan fingerprint density at radius 3 is 2.88 bits per heavy atom. The maximum atomic E-state index is 4.19. The molecule has 0 radical (unpaired) electrons. The van der Waals surface area contributed by atoms with Crippen molar-refractivity contribution in [3.63, 3.8) is 0 Å². The van der Waals surface area contributed by atoms with E-state index in [2.05, 4.69) is 46.5 Å². The van der Waals surface area contributed by atoms with Crippen molar-refractivity contribution in [2.75, 3.05) is 11.1 Å². The number of aromatic amines is 1. The number of imidazole rings is 1. The summed E-state index contributed by atoms with van der Waals surface area (Å²) in [5.74, 6) is 2.04. The Hall–Kier alpha value is -1.42. The van der Waals surface area contributed by atoms with Crippen LogP contribution in [-0.2, 0) is 6.54 Å². The van der Waals surface area contributed by atoms with E-state index in [1.165, 1.54) is 10.6 Å². The van der Waals surface area contributed by atoms with Crippen LogP contribution >= 0.6 is 11.8 Å². The molecular weight excluding hydrogens is 230 g/mol. The SMILES string of the molecule is CCSc1ccccc1NCc1cnc(C)[nH]1. The number of nitrogens with zero attached hydrogens (tertiary/aromatic N) is 1. The molecular formula is C13H17N3S. The molecule has 90 valence electrons. The van der Waals surface area contributed by atoms with Crippen LogP contribution in [0.2, 0.25) is 0 Å². The van der Waals surface area contributed by atoms with Gasteiger partial charge in [-0.15, -0.1) is 11.8 Å². The summed E-state index contributed by atoms with van der Waals surface area (Å²) < 4.78 is 0. The van der Waals surface area contributed by atoms with Gasteiger partial charge in [0.2, 0.25) is 0 Å². The van der Waals surface area contributed by atoms with Crippen LogP contribution in [0.3, 0.4) is 0 Å². The van der Waals surface area contributed by atoms with Crippen molar-refractivity contribution >= 4 is 17.4 Å². The predicted octanol–water partition coefficient (Wildman–Crippen LogP) is 3.44. The van der Waals surface area contributed by atoms with Crippen LogP contribution in [0, 0.1) is 6.92 Å². The lowest BCUT2D eigenvalue weighted by Gasteiger charge is -2.09. The van der Waals surface area contributed by atoms with Crippen LogP contribution in [0.1, 0.15) is 18.4 Å². The Labute approximate surface area is 106 Å². The number of H-pyrrole nitrogens is 1. The van der Waals surface area contributed by atoms with E-state index in [0.717, 1.165) is 23.8 Å². The van der Waals surface area contributed by atoms with Crippen molar-refractivity contribution in [1.29, 1.82) is 0 Å². The summed E-state index contributed by atoms with van der Waals surface area (Å²) in [6, 6.07) is 8.39. The molecule has 0 aliphatic carbocycles. The van der Waals surface area contributed by atoms with Crippen molar-refractivity contribution in [1.82, 2.24) is 9.97 Å². The summed E-state index contributed by atoms with van der Waals surface area (Å²) >= 11 is 1.85. The van der Waals surface area contributed by atoms with Gasteiger partial charge in [0.05, 0.1) is 18.4 Å². The molecule has 1 aromatic heterocycles. The van der Waals surface area contributed by atoms with Gasteiger partial charge in [-0.2, -0.15) is 0 Å². The first-order valence-corrected chi connectivity index (χ1v) is 6.74. The number of nitrogens with one attached hydrogen (secondary N) is 2. The van der Waals surface area contributed by atoms with Crippen molar-refractivity contribution < 1.29 is 0 Å². The summed E-state index contributed by atoms with van der Waals surface area (Å²) in [7, 11) is 0. The average molecular weight is 247 g/mol. The van der Waals surface area contributed by atoms with E-state index in [1.807, 2.05) is 24.9 Å². The summed E-state index contributed by atoms with van der Waals surface area (Å²) in [6.07, 6.45) is 1.87. The van der Waals surface area contributed by atoms with Crippen molar-refractivity contribution in [2.45, 2.75) is 25.3 Å². The fourth-order valence-electron chi connectivity index (χ4n) is 1.65. The summed E-state index contributed by atoms with van der Waals surface area (Å²) in [5.41, 5.74) is 2.30. The van der Waals surface area contributed by atoms with Crippen LogP contribution in [0.25, 0.3) is 0 Å². The number of aryl methyl sites for hydroxylation is 1. The zero-order chi connectivity index (χ0) is 12.1. The zero-order valence-corrected chi connectivity index (χ0v) is 11.0. The van der Waals surface area contributed by atoms with Crippen molar-refractivity contribution in [3.8, 4) is 0 Å². The Morgan fingerprint density at radius 1 is 1.35 bits per heavy atom. The number of aromatic nitrogens is 2. The standard InChI is InChI=1S/C13H17N3S/c1-3-17-13-7-5-4-6-12(13)15-9-11-8-14-10(2)16-11/h4-8,15H,3,9H2,1-2H3,(H,14,16). The summed E-state index contributed by atoms with van der Waals surface area (Å²) in [4.78, 5) is 8.70. The molecule has 3 nitrogen and oxygen atoms in total. The summed E-state index contributed by atoms with van der Waals surface area (Å²) in [5, 5.41) is 3.44. The van der Waals surface area contributed by atoms with Gasteiger partial charge in [0.15, 0.2) is 0 Å². The number of rotatable bonds is 5. The van der Waals surface area contributed by atoms with Crippen LogP contribution in [0.5, 0.6) is 0 Å². The molecule has 1 aromatic carbocycles. The fraction of sp³-hybridized carbons (Fsp3) is 0.308. The Bertz CT molecular complexity index is 479. The minimum atomic E-state index is 0.780. The minimum absolute atomic E-state index is 0.780. The smallest absolute Gasteiger partial charge is 0.103 e. The summed E-state index contributed by atoms with van der Waals surface area (Å²) in [6.45, 7) is 4.91. The maximum absolute atomic E-state index is 4.19.